The molecule has 1 saturated carbocycles. The van der Waals surface area contributed by atoms with Crippen molar-refractivity contribution in [2.45, 2.75) is 75.0 Å². The van der Waals surface area contributed by atoms with Gasteiger partial charge in [0, 0.05) is 37.2 Å². The number of alkyl halides is 5. The molecule has 8 rings (SSSR count). The number of hydrogen-bond donors (Lipinski definition) is 2. The number of hydrogen-bond acceptors (Lipinski definition) is 9. The van der Waals surface area contributed by atoms with E-state index in [9.17, 15) is 32.3 Å². The monoisotopic (exact) mass is 809 g/mol. The minimum absolute atomic E-state index is 0.0512. The molecule has 2 atom stereocenters. The Morgan fingerprint density at radius 2 is 1.83 bits per heavy atom. The van der Waals surface area contributed by atoms with Crippen LogP contribution in [-0.2, 0) is 22.8 Å². The number of benzene rings is 1. The molecule has 5 aromatic rings. The molecule has 3 amide bonds. The van der Waals surface area contributed by atoms with E-state index in [4.69, 9.17) is 4.74 Å². The zero-order valence-corrected chi connectivity index (χ0v) is 31.6. The van der Waals surface area contributed by atoms with Crippen LogP contribution in [0.1, 0.15) is 84.7 Å². The number of carbonyl (C=O) groups is 3. The number of amides is 3. The van der Waals surface area contributed by atoms with Gasteiger partial charge in [-0.05, 0) is 81.3 Å². The standard InChI is InChI=1S/C39H40F5N9O5/c1-50-34-27(53(37(50)57)28-11-13-32(54)48-36(28)56)10-12-29(58-2)33(34)24-14-15-51(20-38(24,40)41)18-21-6-8-23(9-7-21)52-19-22-16-31(45-17-26(22)49-52)47-35(55)25-4-3-5-30(46-25)39(42,43)44/h3-5,10,12,16-17,19,21,23-24,28H,6-9,11,13-15,18,20H2,1-2H3,(H,47,55)(H,48,54,56). The van der Waals surface area contributed by atoms with Crippen molar-refractivity contribution in [2.24, 2.45) is 13.0 Å². The lowest BCUT2D eigenvalue weighted by Gasteiger charge is -2.41. The Labute approximate surface area is 327 Å². The zero-order valence-electron chi connectivity index (χ0n) is 31.6. The van der Waals surface area contributed by atoms with Crippen LogP contribution in [0.15, 0.2) is 53.6 Å². The van der Waals surface area contributed by atoms with Gasteiger partial charge in [-0.3, -0.25) is 38.4 Å². The third-order valence-electron chi connectivity index (χ3n) is 11.6. The first kappa shape index (κ1) is 39.1. The molecule has 2 unspecified atom stereocenters. The first-order valence-corrected chi connectivity index (χ1v) is 19.0. The number of carbonyl (C=O) groups excluding carboxylic acids is 3. The number of anilines is 1. The van der Waals surface area contributed by atoms with Gasteiger partial charge in [0.05, 0.1) is 42.8 Å². The van der Waals surface area contributed by atoms with Gasteiger partial charge in [-0.25, -0.2) is 23.5 Å². The molecular formula is C39H40F5N9O5. The minimum Gasteiger partial charge on any atom is -0.496 e. The number of aromatic nitrogens is 6. The van der Waals surface area contributed by atoms with Crippen molar-refractivity contribution in [3.63, 3.8) is 0 Å². The highest BCUT2D eigenvalue weighted by molar-refractivity contribution is 6.03. The van der Waals surface area contributed by atoms with E-state index in [1.54, 1.807) is 23.1 Å². The number of methoxy groups -OCH3 is 1. The summed E-state index contributed by atoms with van der Waals surface area (Å²) in [5, 5.41) is 10.1. The molecule has 3 aliphatic rings. The first-order chi connectivity index (χ1) is 27.6. The lowest BCUT2D eigenvalue weighted by Crippen LogP contribution is -2.49. The number of fused-ring (bicyclic) bond motifs is 2. The van der Waals surface area contributed by atoms with Gasteiger partial charge < -0.3 is 10.1 Å². The lowest BCUT2D eigenvalue weighted by molar-refractivity contribution is -0.141. The lowest BCUT2D eigenvalue weighted by atomic mass is 9.82. The van der Waals surface area contributed by atoms with Crippen molar-refractivity contribution in [2.75, 3.05) is 32.1 Å². The normalized spacial score (nSPS) is 22.9. The molecule has 1 aliphatic carbocycles. The first-order valence-electron chi connectivity index (χ1n) is 19.0. The quantitative estimate of drug-likeness (QED) is 0.151. The number of halogens is 5. The van der Waals surface area contributed by atoms with Crippen molar-refractivity contribution >= 4 is 45.5 Å². The molecule has 6 heterocycles. The van der Waals surface area contributed by atoms with Crippen LogP contribution in [0.5, 0.6) is 5.75 Å². The van der Waals surface area contributed by atoms with Crippen LogP contribution in [-0.4, -0.2) is 84.2 Å². The topological polar surface area (TPSA) is 158 Å². The minimum atomic E-state index is -4.69. The van der Waals surface area contributed by atoms with E-state index in [0.717, 1.165) is 37.8 Å². The summed E-state index contributed by atoms with van der Waals surface area (Å²) in [5.41, 5.74) is -0.720. The van der Waals surface area contributed by atoms with Crippen LogP contribution in [0.25, 0.3) is 21.9 Å². The van der Waals surface area contributed by atoms with Gasteiger partial charge in [-0.15, -0.1) is 0 Å². The number of nitrogens with one attached hydrogen (secondary N) is 2. The van der Waals surface area contributed by atoms with Crippen LogP contribution in [0.4, 0.5) is 27.8 Å². The molecule has 4 aromatic heterocycles. The molecular weight excluding hydrogens is 769 g/mol. The van der Waals surface area contributed by atoms with E-state index in [1.807, 2.05) is 10.9 Å². The van der Waals surface area contributed by atoms with Gasteiger partial charge in [0.2, 0.25) is 11.8 Å². The fourth-order valence-corrected chi connectivity index (χ4v) is 8.81. The number of imide groups is 1. The molecule has 2 aliphatic heterocycles. The number of pyridine rings is 2. The Hall–Kier alpha value is -5.72. The molecule has 0 bridgehead atoms. The molecule has 2 N–H and O–H groups in total. The SMILES string of the molecule is COc1ccc2c(c1C1CCN(CC3CCC(n4cc5cc(NC(=O)c6cccc(C(F)(F)F)n6)ncc5n4)CC3)CC1(F)F)n(C)c(=O)n2C1CCC(=O)NC1=O. The van der Waals surface area contributed by atoms with Crippen molar-refractivity contribution in [1.82, 2.24) is 39.1 Å². The van der Waals surface area contributed by atoms with Crippen LogP contribution in [0.2, 0.25) is 0 Å². The fraction of sp³-hybridized carbons (Fsp3) is 0.462. The molecule has 19 heteroatoms. The molecule has 306 valence electrons. The van der Waals surface area contributed by atoms with Gasteiger partial charge >= 0.3 is 11.9 Å². The van der Waals surface area contributed by atoms with Crippen molar-refractivity contribution in [1.29, 1.82) is 0 Å². The summed E-state index contributed by atoms with van der Waals surface area (Å²) in [6.07, 6.45) is 2.01. The van der Waals surface area contributed by atoms with Crippen molar-refractivity contribution in [3.05, 3.63) is 76.2 Å². The van der Waals surface area contributed by atoms with Gasteiger partial charge in [0.25, 0.3) is 11.8 Å². The number of rotatable bonds is 8. The second kappa shape index (κ2) is 14.9. The van der Waals surface area contributed by atoms with E-state index >= 15 is 8.78 Å². The average molecular weight is 810 g/mol. The van der Waals surface area contributed by atoms with E-state index in [-0.39, 0.29) is 53.9 Å². The summed E-state index contributed by atoms with van der Waals surface area (Å²) in [5.74, 6) is -5.75. The second-order valence-corrected chi connectivity index (χ2v) is 15.3. The molecule has 0 radical (unpaired) electrons. The summed E-state index contributed by atoms with van der Waals surface area (Å²) in [4.78, 5) is 60.2. The largest absolute Gasteiger partial charge is 0.496 e. The number of ether oxygens (including phenoxy) is 1. The highest BCUT2D eigenvalue weighted by Gasteiger charge is 2.48. The Balaban J connectivity index is 0.911. The molecule has 58 heavy (non-hydrogen) atoms. The highest BCUT2D eigenvalue weighted by atomic mass is 19.4. The summed E-state index contributed by atoms with van der Waals surface area (Å²) in [7, 11) is 2.89. The summed E-state index contributed by atoms with van der Waals surface area (Å²) in [6, 6.07) is 6.91. The third kappa shape index (κ3) is 7.31. The van der Waals surface area contributed by atoms with E-state index in [2.05, 4.69) is 25.7 Å². The van der Waals surface area contributed by atoms with Gasteiger partial charge in [-0.1, -0.05) is 6.07 Å². The van der Waals surface area contributed by atoms with Crippen LogP contribution in [0.3, 0.4) is 0 Å². The Bertz CT molecular complexity index is 2490. The highest BCUT2D eigenvalue weighted by Crippen LogP contribution is 2.47. The Morgan fingerprint density at radius 3 is 2.53 bits per heavy atom. The summed E-state index contributed by atoms with van der Waals surface area (Å²) in [6.45, 7) is 0.427. The summed E-state index contributed by atoms with van der Waals surface area (Å²) < 4.78 is 82.0. The maximum Gasteiger partial charge on any atom is 0.433 e. The van der Waals surface area contributed by atoms with Crippen molar-refractivity contribution < 1.29 is 41.1 Å². The van der Waals surface area contributed by atoms with Gasteiger partial charge in [-0.2, -0.15) is 18.3 Å². The van der Waals surface area contributed by atoms with Gasteiger partial charge in [0.15, 0.2) is 0 Å². The van der Waals surface area contributed by atoms with E-state index in [1.165, 1.54) is 35.6 Å². The van der Waals surface area contributed by atoms with Crippen LogP contribution in [0, 0.1) is 5.92 Å². The van der Waals surface area contributed by atoms with E-state index < -0.39 is 65.4 Å². The van der Waals surface area contributed by atoms with Crippen molar-refractivity contribution in [3.8, 4) is 5.75 Å². The third-order valence-corrected chi connectivity index (χ3v) is 11.6. The number of imidazole rings is 1. The van der Waals surface area contributed by atoms with E-state index in [0.29, 0.717) is 29.5 Å². The zero-order chi connectivity index (χ0) is 41.1. The molecule has 1 aromatic carbocycles. The number of nitrogens with zero attached hydrogens (tertiary/aromatic N) is 7. The van der Waals surface area contributed by atoms with Gasteiger partial charge in [0.1, 0.15) is 34.5 Å². The van der Waals surface area contributed by atoms with Crippen LogP contribution >= 0.6 is 0 Å². The number of aryl methyl sites for hydroxylation is 1. The molecule has 14 nitrogen and oxygen atoms in total. The summed E-state index contributed by atoms with van der Waals surface area (Å²) >= 11 is 0. The smallest absolute Gasteiger partial charge is 0.433 e. The second-order valence-electron chi connectivity index (χ2n) is 15.3. The molecule has 2 saturated heterocycles. The predicted molar refractivity (Wildman–Crippen MR) is 200 cm³/mol. The maximum atomic E-state index is 16.4. The molecule has 0 spiro atoms. The Morgan fingerprint density at radius 1 is 1.05 bits per heavy atom. The average Bonchev–Trinajstić information content (AvgIpc) is 3.72. The number of piperidine rings is 2. The number of likely N-dealkylation sites (tertiary alicyclic amines) is 1. The maximum absolute atomic E-state index is 16.4. The molecule has 3 fully saturated rings. The Kier molecular flexibility index (Phi) is 10.0. The predicted octanol–water partition coefficient (Wildman–Crippen LogP) is 5.59. The van der Waals surface area contributed by atoms with Crippen LogP contribution < -0.4 is 21.1 Å². The fourth-order valence-electron chi connectivity index (χ4n) is 8.81.